The van der Waals surface area contributed by atoms with Gasteiger partial charge in [0.15, 0.2) is 0 Å². The van der Waals surface area contributed by atoms with Crippen LogP contribution in [0.5, 0.6) is 0 Å². The molecule has 21 heavy (non-hydrogen) atoms. The fraction of sp³-hybridized carbons (Fsp3) is 0.467. The third kappa shape index (κ3) is 4.59. The monoisotopic (exact) mass is 344 g/mol. The molecule has 0 radical (unpaired) electrons. The summed E-state index contributed by atoms with van der Waals surface area (Å²) in [5.41, 5.74) is 1.20. The van der Waals surface area contributed by atoms with Crippen LogP contribution in [0.2, 0.25) is 5.02 Å². The van der Waals surface area contributed by atoms with Crippen molar-refractivity contribution in [1.29, 1.82) is 0 Å². The molecule has 2 rings (SSSR count). The highest BCUT2D eigenvalue weighted by atomic mass is 35.5. The van der Waals surface area contributed by atoms with E-state index in [1.807, 2.05) is 19.1 Å². The molecule has 1 heterocycles. The van der Waals surface area contributed by atoms with Gasteiger partial charge < -0.3 is 4.74 Å². The largest absolute Gasteiger partial charge is 0.458 e. The molecule has 0 aliphatic carbocycles. The Kier molecular flexibility index (Phi) is 6.33. The zero-order valence-electron chi connectivity index (χ0n) is 12.2. The molecule has 0 spiro atoms. The van der Waals surface area contributed by atoms with Crippen LogP contribution in [-0.4, -0.2) is 17.7 Å². The fourth-order valence-corrected chi connectivity index (χ4v) is 4.05. The van der Waals surface area contributed by atoms with Gasteiger partial charge in [-0.05, 0) is 37.2 Å². The number of halogens is 1. The van der Waals surface area contributed by atoms with Crippen LogP contribution in [0.1, 0.15) is 24.8 Å². The molecule has 1 aromatic heterocycles. The molecule has 1 aromatic carbocycles. The second-order valence-electron chi connectivity index (χ2n) is 4.62. The highest BCUT2D eigenvalue weighted by Gasteiger charge is 2.16. The lowest BCUT2D eigenvalue weighted by Crippen LogP contribution is -2.35. The first-order chi connectivity index (χ1) is 10.1. The number of fused-ring (bicyclic) bond motifs is 1. The van der Waals surface area contributed by atoms with E-state index in [1.54, 1.807) is 11.3 Å². The Morgan fingerprint density at radius 2 is 2.24 bits per heavy atom. The molecule has 0 aliphatic heterocycles. The highest BCUT2D eigenvalue weighted by Crippen LogP contribution is 2.23. The third-order valence-electron chi connectivity index (χ3n) is 3.11. The van der Waals surface area contributed by atoms with E-state index in [0.717, 1.165) is 30.2 Å². The number of nitrogens with zero attached hydrogens (tertiary/aromatic N) is 1. The molecule has 0 bridgehead atoms. The average molecular weight is 345 g/mol. The van der Waals surface area contributed by atoms with Crippen molar-refractivity contribution in [3.05, 3.63) is 28.2 Å². The Morgan fingerprint density at radius 1 is 1.43 bits per heavy atom. The van der Waals surface area contributed by atoms with Crippen LogP contribution in [0.4, 0.5) is 4.79 Å². The van der Waals surface area contributed by atoms with E-state index in [4.69, 9.17) is 16.3 Å². The third-order valence-corrected chi connectivity index (χ3v) is 5.27. The summed E-state index contributed by atoms with van der Waals surface area (Å²) < 4.78 is 8.46. The first-order valence-corrected chi connectivity index (χ1v) is 9.18. The van der Waals surface area contributed by atoms with Gasteiger partial charge in [-0.2, -0.15) is 4.57 Å². The number of hydrogen-bond acceptors (Lipinski definition) is 4. The molecule has 114 valence electrons. The van der Waals surface area contributed by atoms with Crippen molar-refractivity contribution in [3.8, 4) is 0 Å². The van der Waals surface area contributed by atoms with Gasteiger partial charge in [-0.1, -0.05) is 22.9 Å². The molecule has 0 saturated carbocycles. The summed E-state index contributed by atoms with van der Waals surface area (Å²) in [6, 6.07) is 6.02. The van der Waals surface area contributed by atoms with Gasteiger partial charge in [0, 0.05) is 30.2 Å². The normalized spacial score (nSPS) is 11.0. The minimum atomic E-state index is -0.172. The lowest BCUT2D eigenvalue weighted by atomic mass is 10.3. The number of rotatable bonds is 6. The van der Waals surface area contributed by atoms with Crippen molar-refractivity contribution >= 4 is 50.2 Å². The van der Waals surface area contributed by atoms with Gasteiger partial charge in [-0.15, -0.1) is 0 Å². The van der Waals surface area contributed by atoms with Gasteiger partial charge in [0.25, 0.3) is 0 Å². The summed E-state index contributed by atoms with van der Waals surface area (Å²) in [4.78, 5) is 11.2. The zero-order valence-corrected chi connectivity index (χ0v) is 14.6. The number of thiazole rings is 1. The Hall–Kier alpha value is -0.780. The molecule has 0 atom stereocenters. The van der Waals surface area contributed by atoms with Gasteiger partial charge >= 0.3 is 5.30 Å². The van der Waals surface area contributed by atoms with Crippen molar-refractivity contribution < 1.29 is 14.1 Å². The molecule has 6 heteroatoms. The second kappa shape index (κ2) is 8.01. The summed E-state index contributed by atoms with van der Waals surface area (Å²) in [7, 11) is 0. The average Bonchev–Trinajstić information content (AvgIpc) is 2.74. The second-order valence-corrected chi connectivity index (χ2v) is 7.32. The lowest BCUT2D eigenvalue weighted by molar-refractivity contribution is -0.673. The van der Waals surface area contributed by atoms with Crippen molar-refractivity contribution in [3.63, 3.8) is 0 Å². The van der Waals surface area contributed by atoms with Gasteiger partial charge in [0.1, 0.15) is 11.2 Å². The summed E-state index contributed by atoms with van der Waals surface area (Å²) in [6.07, 6.45) is 2.03. The Balaban J connectivity index is 1.87. The maximum atomic E-state index is 11.2. The molecule has 0 N–H and O–H groups in total. The number of benzene rings is 1. The van der Waals surface area contributed by atoms with Gasteiger partial charge in [-0.3, -0.25) is 0 Å². The number of aromatic nitrogens is 1. The highest BCUT2D eigenvalue weighted by molar-refractivity contribution is 8.13. The number of aryl methyl sites for hydroxylation is 2. The van der Waals surface area contributed by atoms with Crippen molar-refractivity contribution in [1.82, 2.24) is 0 Å². The number of ether oxygens (including phenoxy) is 1. The molecule has 0 fully saturated rings. The van der Waals surface area contributed by atoms with Crippen molar-refractivity contribution in [2.75, 3.05) is 12.4 Å². The number of unbranched alkanes of at least 4 members (excludes halogenated alkanes) is 1. The fourth-order valence-electron chi connectivity index (χ4n) is 2.14. The van der Waals surface area contributed by atoms with Gasteiger partial charge in [0.2, 0.25) is 10.5 Å². The van der Waals surface area contributed by atoms with E-state index >= 15 is 0 Å². The predicted octanol–water partition coefficient (Wildman–Crippen LogP) is 4.82. The Morgan fingerprint density at radius 3 is 3.00 bits per heavy atom. The minimum absolute atomic E-state index is 0.172. The van der Waals surface area contributed by atoms with Crippen LogP contribution >= 0.6 is 34.7 Å². The zero-order chi connectivity index (χ0) is 15.2. The number of thioether (sulfide) groups is 1. The first-order valence-electron chi connectivity index (χ1n) is 7.00. The van der Waals surface area contributed by atoms with Crippen LogP contribution in [0.15, 0.2) is 18.2 Å². The van der Waals surface area contributed by atoms with E-state index in [9.17, 15) is 4.79 Å². The van der Waals surface area contributed by atoms with Crippen molar-refractivity contribution in [2.45, 2.75) is 33.2 Å². The van der Waals surface area contributed by atoms with E-state index in [-0.39, 0.29) is 5.30 Å². The molecule has 0 amide bonds. The molecule has 0 unspecified atom stereocenters. The van der Waals surface area contributed by atoms with Crippen LogP contribution < -0.4 is 4.57 Å². The van der Waals surface area contributed by atoms with Crippen LogP contribution in [0, 0.1) is 6.92 Å². The lowest BCUT2D eigenvalue weighted by Gasteiger charge is -2.00. The SMILES string of the molecule is CCOC(=O)SCCCC[n+]1c(C)sc2ccc(Cl)cc21. The quantitative estimate of drug-likeness (QED) is 0.427. The molecular formula is C15H19ClNO2S2+. The smallest absolute Gasteiger partial charge is 0.367 e. The first kappa shape index (κ1) is 16.6. The van der Waals surface area contributed by atoms with Crippen LogP contribution in [-0.2, 0) is 11.3 Å². The van der Waals surface area contributed by atoms with E-state index < -0.39 is 0 Å². The number of carbonyl (C=O) groups excluding carboxylic acids is 1. The predicted molar refractivity (Wildman–Crippen MR) is 90.5 cm³/mol. The Labute approximate surface area is 138 Å². The number of hydrogen-bond donors (Lipinski definition) is 0. The molecule has 3 nitrogen and oxygen atoms in total. The minimum Gasteiger partial charge on any atom is -0.458 e. The van der Waals surface area contributed by atoms with Gasteiger partial charge in [0.05, 0.1) is 6.61 Å². The summed E-state index contributed by atoms with van der Waals surface area (Å²) in [5, 5.41) is 1.88. The topological polar surface area (TPSA) is 30.2 Å². The standard InChI is InChI=1S/C15H19ClNO2S2/c1-3-19-15(18)20-9-5-4-8-17-11(2)21-14-7-6-12(16)10-13(14)17/h6-7,10H,3-5,8-9H2,1-2H3/q+1. The summed E-state index contributed by atoms with van der Waals surface area (Å²) >= 11 is 9.13. The Bertz CT molecular complexity index is 627. The van der Waals surface area contributed by atoms with E-state index in [0.29, 0.717) is 6.61 Å². The molecule has 2 aromatic rings. The van der Waals surface area contributed by atoms with E-state index in [1.165, 1.54) is 27.0 Å². The van der Waals surface area contributed by atoms with E-state index in [2.05, 4.69) is 17.6 Å². The summed E-state index contributed by atoms with van der Waals surface area (Å²) in [5.74, 6) is 0.807. The summed E-state index contributed by atoms with van der Waals surface area (Å²) in [6.45, 7) is 5.36. The molecule has 0 aliphatic rings. The molecular weight excluding hydrogens is 326 g/mol. The number of carbonyl (C=O) groups is 1. The van der Waals surface area contributed by atoms with Crippen LogP contribution in [0.25, 0.3) is 10.2 Å². The van der Waals surface area contributed by atoms with Crippen LogP contribution in [0.3, 0.4) is 0 Å². The van der Waals surface area contributed by atoms with Crippen molar-refractivity contribution in [2.24, 2.45) is 0 Å². The molecule has 0 saturated heterocycles. The van der Waals surface area contributed by atoms with Gasteiger partial charge in [-0.25, -0.2) is 4.79 Å². The maximum absolute atomic E-state index is 11.2. The maximum Gasteiger partial charge on any atom is 0.367 e.